The normalized spacial score (nSPS) is 20.0. The van der Waals surface area contributed by atoms with Crippen LogP contribution >= 0.6 is 0 Å². The first-order valence-corrected chi connectivity index (χ1v) is 10.3. The molecule has 0 spiro atoms. The van der Waals surface area contributed by atoms with Crippen LogP contribution in [0, 0.1) is 0 Å². The Morgan fingerprint density at radius 2 is 2.00 bits per heavy atom. The van der Waals surface area contributed by atoms with Gasteiger partial charge in [0.2, 0.25) is 0 Å². The fourth-order valence-electron chi connectivity index (χ4n) is 3.73. The number of carbonyl (C=O) groups is 1. The van der Waals surface area contributed by atoms with Gasteiger partial charge in [-0.2, -0.15) is 0 Å². The minimum atomic E-state index is -0.242. The van der Waals surface area contributed by atoms with E-state index in [1.54, 1.807) is 14.2 Å². The summed E-state index contributed by atoms with van der Waals surface area (Å²) in [4.78, 5) is 21.0. The SMILES string of the molecule is CCOc1cc(CNC(=NC)N2CCN(C(=O)C3CCCO3)CC2)ccc1OC. The van der Waals surface area contributed by atoms with Crippen LogP contribution in [0.3, 0.4) is 0 Å². The summed E-state index contributed by atoms with van der Waals surface area (Å²) in [6.45, 7) is 6.76. The minimum absolute atomic E-state index is 0.131. The molecule has 0 saturated carbocycles. The van der Waals surface area contributed by atoms with Gasteiger partial charge in [0.05, 0.1) is 13.7 Å². The summed E-state index contributed by atoms with van der Waals surface area (Å²) >= 11 is 0. The summed E-state index contributed by atoms with van der Waals surface area (Å²) in [6.07, 6.45) is 1.57. The first kappa shape index (κ1) is 21.2. The summed E-state index contributed by atoms with van der Waals surface area (Å²) < 4.78 is 16.5. The highest BCUT2D eigenvalue weighted by molar-refractivity contribution is 5.82. The smallest absolute Gasteiger partial charge is 0.251 e. The highest BCUT2D eigenvalue weighted by Crippen LogP contribution is 2.28. The number of rotatable bonds is 6. The van der Waals surface area contributed by atoms with Crippen molar-refractivity contribution in [2.75, 3.05) is 53.6 Å². The van der Waals surface area contributed by atoms with Crippen molar-refractivity contribution in [1.82, 2.24) is 15.1 Å². The molecule has 29 heavy (non-hydrogen) atoms. The first-order chi connectivity index (χ1) is 14.2. The molecular formula is C21H32N4O4. The van der Waals surface area contributed by atoms with Gasteiger partial charge in [0.25, 0.3) is 5.91 Å². The second-order valence-corrected chi connectivity index (χ2v) is 7.13. The van der Waals surface area contributed by atoms with Gasteiger partial charge >= 0.3 is 0 Å². The molecule has 2 aliphatic heterocycles. The van der Waals surface area contributed by atoms with Gasteiger partial charge in [-0.1, -0.05) is 6.07 Å². The zero-order valence-corrected chi connectivity index (χ0v) is 17.6. The molecule has 1 amide bonds. The number of hydrogen-bond donors (Lipinski definition) is 1. The second-order valence-electron chi connectivity index (χ2n) is 7.13. The van der Waals surface area contributed by atoms with Gasteiger partial charge in [0.15, 0.2) is 17.5 Å². The molecule has 0 aromatic heterocycles. The zero-order valence-electron chi connectivity index (χ0n) is 17.6. The van der Waals surface area contributed by atoms with E-state index in [0.29, 0.717) is 32.8 Å². The fraction of sp³-hybridized carbons (Fsp3) is 0.619. The average Bonchev–Trinajstić information content (AvgIpc) is 3.29. The largest absolute Gasteiger partial charge is 0.493 e. The third kappa shape index (κ3) is 5.32. The third-order valence-corrected chi connectivity index (χ3v) is 5.29. The lowest BCUT2D eigenvalue weighted by molar-refractivity contribution is -0.142. The summed E-state index contributed by atoms with van der Waals surface area (Å²) in [5.41, 5.74) is 1.09. The van der Waals surface area contributed by atoms with E-state index < -0.39 is 0 Å². The van der Waals surface area contributed by atoms with Crippen molar-refractivity contribution in [3.63, 3.8) is 0 Å². The number of ether oxygens (including phenoxy) is 3. The van der Waals surface area contributed by atoms with Crippen molar-refractivity contribution in [1.29, 1.82) is 0 Å². The lowest BCUT2D eigenvalue weighted by Gasteiger charge is -2.37. The number of guanidine groups is 1. The summed E-state index contributed by atoms with van der Waals surface area (Å²) in [5, 5.41) is 3.41. The van der Waals surface area contributed by atoms with Crippen molar-refractivity contribution in [2.24, 2.45) is 4.99 Å². The van der Waals surface area contributed by atoms with Crippen LogP contribution in [0.15, 0.2) is 23.2 Å². The Bertz CT molecular complexity index is 711. The van der Waals surface area contributed by atoms with E-state index in [2.05, 4.69) is 15.2 Å². The van der Waals surface area contributed by atoms with Gasteiger partial charge < -0.3 is 29.3 Å². The molecule has 2 heterocycles. The first-order valence-electron chi connectivity index (χ1n) is 10.3. The Balaban J connectivity index is 1.52. The molecular weight excluding hydrogens is 372 g/mol. The summed E-state index contributed by atoms with van der Waals surface area (Å²) in [5.74, 6) is 2.44. The molecule has 8 nitrogen and oxygen atoms in total. The van der Waals surface area contributed by atoms with E-state index in [9.17, 15) is 4.79 Å². The Kier molecular flexibility index (Phi) is 7.57. The molecule has 1 atom stereocenters. The molecule has 1 aromatic rings. The van der Waals surface area contributed by atoms with E-state index >= 15 is 0 Å². The average molecular weight is 405 g/mol. The lowest BCUT2D eigenvalue weighted by Crippen LogP contribution is -2.55. The van der Waals surface area contributed by atoms with Gasteiger partial charge in [0, 0.05) is 46.4 Å². The van der Waals surface area contributed by atoms with E-state index in [-0.39, 0.29) is 12.0 Å². The molecule has 3 rings (SSSR count). The molecule has 1 unspecified atom stereocenters. The molecule has 1 N–H and O–H groups in total. The number of hydrogen-bond acceptors (Lipinski definition) is 5. The minimum Gasteiger partial charge on any atom is -0.493 e. The topological polar surface area (TPSA) is 75.6 Å². The van der Waals surface area contributed by atoms with Crippen LogP contribution in [-0.4, -0.2) is 81.3 Å². The molecule has 0 aliphatic carbocycles. The van der Waals surface area contributed by atoms with Crippen LogP contribution in [-0.2, 0) is 16.1 Å². The van der Waals surface area contributed by atoms with E-state index in [1.165, 1.54) is 0 Å². The quantitative estimate of drug-likeness (QED) is 0.572. The zero-order chi connectivity index (χ0) is 20.6. The molecule has 0 bridgehead atoms. The number of benzene rings is 1. The maximum Gasteiger partial charge on any atom is 0.251 e. The van der Waals surface area contributed by atoms with Crippen LogP contribution in [0.4, 0.5) is 0 Å². The molecule has 2 saturated heterocycles. The van der Waals surface area contributed by atoms with Crippen molar-refractivity contribution in [2.45, 2.75) is 32.4 Å². The van der Waals surface area contributed by atoms with Gasteiger partial charge in [-0.05, 0) is 37.5 Å². The number of nitrogens with one attached hydrogen (secondary N) is 1. The van der Waals surface area contributed by atoms with Crippen molar-refractivity contribution in [3.8, 4) is 11.5 Å². The van der Waals surface area contributed by atoms with Crippen molar-refractivity contribution >= 4 is 11.9 Å². The van der Waals surface area contributed by atoms with Crippen LogP contribution in [0.5, 0.6) is 11.5 Å². The number of amides is 1. The van der Waals surface area contributed by atoms with Gasteiger partial charge in [-0.25, -0.2) is 0 Å². The maximum atomic E-state index is 12.5. The van der Waals surface area contributed by atoms with Gasteiger partial charge in [-0.15, -0.1) is 0 Å². The molecule has 8 heteroatoms. The predicted octanol–water partition coefficient (Wildman–Crippen LogP) is 1.49. The highest BCUT2D eigenvalue weighted by atomic mass is 16.5. The Hall–Kier alpha value is -2.48. The van der Waals surface area contributed by atoms with Gasteiger partial charge in [-0.3, -0.25) is 9.79 Å². The third-order valence-electron chi connectivity index (χ3n) is 5.29. The molecule has 2 aliphatic rings. The summed E-state index contributed by atoms with van der Waals surface area (Å²) in [7, 11) is 3.42. The van der Waals surface area contributed by atoms with E-state index in [1.807, 2.05) is 30.0 Å². The number of nitrogens with zero attached hydrogens (tertiary/aromatic N) is 3. The van der Waals surface area contributed by atoms with Crippen LogP contribution in [0.1, 0.15) is 25.3 Å². The fourth-order valence-corrected chi connectivity index (χ4v) is 3.73. The number of piperazine rings is 1. The number of carbonyl (C=O) groups excluding carboxylic acids is 1. The predicted molar refractivity (Wildman–Crippen MR) is 111 cm³/mol. The van der Waals surface area contributed by atoms with Crippen molar-refractivity contribution in [3.05, 3.63) is 23.8 Å². The standard InChI is InChI=1S/C21H32N4O4/c1-4-28-19-14-16(7-8-17(19)27-3)15-23-21(22-2)25-11-9-24(10-12-25)20(26)18-6-5-13-29-18/h7-8,14,18H,4-6,9-13,15H2,1-3H3,(H,22,23). The summed E-state index contributed by atoms with van der Waals surface area (Å²) in [6, 6.07) is 5.92. The van der Waals surface area contributed by atoms with Crippen LogP contribution in [0.25, 0.3) is 0 Å². The van der Waals surface area contributed by atoms with E-state index in [4.69, 9.17) is 14.2 Å². The van der Waals surface area contributed by atoms with E-state index in [0.717, 1.165) is 49.0 Å². The van der Waals surface area contributed by atoms with Gasteiger partial charge in [0.1, 0.15) is 6.10 Å². The van der Waals surface area contributed by atoms with Crippen LogP contribution in [0.2, 0.25) is 0 Å². The molecule has 0 radical (unpaired) electrons. The second kappa shape index (κ2) is 10.3. The Morgan fingerprint density at radius 1 is 1.24 bits per heavy atom. The Labute approximate surface area is 172 Å². The highest BCUT2D eigenvalue weighted by Gasteiger charge is 2.30. The molecule has 160 valence electrons. The monoisotopic (exact) mass is 404 g/mol. The maximum absolute atomic E-state index is 12.5. The van der Waals surface area contributed by atoms with Crippen LogP contribution < -0.4 is 14.8 Å². The number of aliphatic imine (C=N–C) groups is 1. The van der Waals surface area contributed by atoms with Crippen molar-refractivity contribution < 1.29 is 19.0 Å². The Morgan fingerprint density at radius 3 is 2.62 bits per heavy atom. The number of methoxy groups -OCH3 is 1. The lowest BCUT2D eigenvalue weighted by atomic mass is 10.2. The molecule has 1 aromatic carbocycles. The molecule has 2 fully saturated rings.